The average molecular weight is 341 g/mol. The van der Waals surface area contributed by atoms with Gasteiger partial charge in [0.15, 0.2) is 0 Å². The van der Waals surface area contributed by atoms with Crippen molar-refractivity contribution in [2.24, 2.45) is 0 Å². The zero-order valence-electron chi connectivity index (χ0n) is 14.5. The van der Waals surface area contributed by atoms with Crippen molar-refractivity contribution in [3.05, 3.63) is 59.9 Å². The minimum atomic E-state index is -0.204. The standard InChI is InChI=1S/C20H24FN3O/c1-16-6-8-17(9-7-16)22-11-10-20(25)24-14-12-23(13-15-24)19-5-3-2-4-18(19)21/h2-9,22H,10-15H2,1H3. The Morgan fingerprint density at radius 2 is 1.72 bits per heavy atom. The number of amides is 1. The SMILES string of the molecule is Cc1ccc(NCCC(=O)N2CCN(c3ccccc3F)CC2)cc1. The summed E-state index contributed by atoms with van der Waals surface area (Å²) in [6.07, 6.45) is 0.466. The summed E-state index contributed by atoms with van der Waals surface area (Å²) in [5, 5.41) is 3.28. The van der Waals surface area contributed by atoms with E-state index in [1.807, 2.05) is 47.1 Å². The van der Waals surface area contributed by atoms with Crippen LogP contribution in [0.2, 0.25) is 0 Å². The summed E-state index contributed by atoms with van der Waals surface area (Å²) in [6.45, 7) is 5.27. The number of rotatable bonds is 5. The molecule has 0 aliphatic carbocycles. The van der Waals surface area contributed by atoms with Crippen molar-refractivity contribution in [3.63, 3.8) is 0 Å². The molecule has 1 amide bonds. The Kier molecular flexibility index (Phi) is 5.53. The first-order chi connectivity index (χ1) is 12.1. The number of anilines is 2. The Balaban J connectivity index is 1.44. The zero-order valence-corrected chi connectivity index (χ0v) is 14.5. The Morgan fingerprint density at radius 3 is 2.40 bits per heavy atom. The Hall–Kier alpha value is -2.56. The number of carbonyl (C=O) groups excluding carboxylic acids is 1. The van der Waals surface area contributed by atoms with Gasteiger partial charge in [-0.05, 0) is 31.2 Å². The second-order valence-electron chi connectivity index (χ2n) is 6.36. The van der Waals surface area contributed by atoms with E-state index < -0.39 is 0 Å². The zero-order chi connectivity index (χ0) is 17.6. The maximum atomic E-state index is 13.9. The van der Waals surface area contributed by atoms with E-state index >= 15 is 0 Å². The summed E-state index contributed by atoms with van der Waals surface area (Å²) >= 11 is 0. The van der Waals surface area contributed by atoms with E-state index in [0.717, 1.165) is 5.69 Å². The highest BCUT2D eigenvalue weighted by molar-refractivity contribution is 5.77. The molecule has 0 radical (unpaired) electrons. The highest BCUT2D eigenvalue weighted by Crippen LogP contribution is 2.20. The van der Waals surface area contributed by atoms with Crippen LogP contribution in [0.1, 0.15) is 12.0 Å². The fourth-order valence-corrected chi connectivity index (χ4v) is 3.05. The van der Waals surface area contributed by atoms with Gasteiger partial charge >= 0.3 is 0 Å². The molecule has 0 aromatic heterocycles. The van der Waals surface area contributed by atoms with E-state index in [9.17, 15) is 9.18 Å². The van der Waals surface area contributed by atoms with Crippen molar-refractivity contribution >= 4 is 17.3 Å². The van der Waals surface area contributed by atoms with Crippen LogP contribution in [0.3, 0.4) is 0 Å². The third-order valence-corrected chi connectivity index (χ3v) is 4.55. The normalized spacial score (nSPS) is 14.5. The summed E-state index contributed by atoms with van der Waals surface area (Å²) in [7, 11) is 0. The van der Waals surface area contributed by atoms with Crippen LogP contribution < -0.4 is 10.2 Å². The van der Waals surface area contributed by atoms with E-state index in [0.29, 0.717) is 44.8 Å². The van der Waals surface area contributed by atoms with Crippen molar-refractivity contribution in [1.29, 1.82) is 0 Å². The fraction of sp³-hybridized carbons (Fsp3) is 0.350. The van der Waals surface area contributed by atoms with E-state index in [4.69, 9.17) is 0 Å². The van der Waals surface area contributed by atoms with Crippen LogP contribution >= 0.6 is 0 Å². The number of hydrogen-bond donors (Lipinski definition) is 1. The lowest BCUT2D eigenvalue weighted by Gasteiger charge is -2.36. The molecule has 0 atom stereocenters. The van der Waals surface area contributed by atoms with Crippen molar-refractivity contribution in [2.75, 3.05) is 42.9 Å². The number of benzene rings is 2. The molecule has 0 bridgehead atoms. The van der Waals surface area contributed by atoms with E-state index in [-0.39, 0.29) is 11.7 Å². The molecule has 2 aromatic carbocycles. The van der Waals surface area contributed by atoms with Gasteiger partial charge in [-0.15, -0.1) is 0 Å². The number of halogens is 1. The lowest BCUT2D eigenvalue weighted by molar-refractivity contribution is -0.131. The van der Waals surface area contributed by atoms with Gasteiger partial charge in [0, 0.05) is 44.8 Å². The molecule has 1 aliphatic heterocycles. The molecule has 3 rings (SSSR count). The first-order valence-electron chi connectivity index (χ1n) is 8.71. The van der Waals surface area contributed by atoms with Gasteiger partial charge in [0.25, 0.3) is 0 Å². The molecule has 1 fully saturated rings. The average Bonchev–Trinajstić information content (AvgIpc) is 2.64. The first-order valence-corrected chi connectivity index (χ1v) is 8.71. The highest BCUT2D eigenvalue weighted by atomic mass is 19.1. The van der Waals surface area contributed by atoms with E-state index in [1.54, 1.807) is 12.1 Å². The van der Waals surface area contributed by atoms with Gasteiger partial charge in [-0.1, -0.05) is 29.8 Å². The molecule has 5 heteroatoms. The van der Waals surface area contributed by atoms with Gasteiger partial charge in [-0.25, -0.2) is 4.39 Å². The summed E-state index contributed by atoms with van der Waals surface area (Å²) in [6, 6.07) is 14.9. The van der Waals surface area contributed by atoms with Gasteiger partial charge in [-0.2, -0.15) is 0 Å². The molecule has 0 spiro atoms. The van der Waals surface area contributed by atoms with Crippen molar-refractivity contribution in [1.82, 2.24) is 4.90 Å². The quantitative estimate of drug-likeness (QED) is 0.906. The topological polar surface area (TPSA) is 35.6 Å². The number of nitrogens with zero attached hydrogens (tertiary/aromatic N) is 2. The second-order valence-corrected chi connectivity index (χ2v) is 6.36. The molecule has 1 heterocycles. The maximum Gasteiger partial charge on any atom is 0.224 e. The molecular weight excluding hydrogens is 317 g/mol. The van der Waals surface area contributed by atoms with Gasteiger partial charge in [0.2, 0.25) is 5.91 Å². The smallest absolute Gasteiger partial charge is 0.224 e. The predicted molar refractivity (Wildman–Crippen MR) is 99.5 cm³/mol. The molecule has 25 heavy (non-hydrogen) atoms. The Morgan fingerprint density at radius 1 is 1.04 bits per heavy atom. The minimum absolute atomic E-state index is 0.146. The molecule has 132 valence electrons. The van der Waals surface area contributed by atoms with Crippen LogP contribution in [0.25, 0.3) is 0 Å². The molecular formula is C20H24FN3O. The van der Waals surface area contributed by atoms with Gasteiger partial charge < -0.3 is 15.1 Å². The Bertz CT molecular complexity index is 709. The summed E-state index contributed by atoms with van der Waals surface area (Å²) in [5.41, 5.74) is 2.87. The molecule has 1 N–H and O–H groups in total. The molecule has 0 saturated carbocycles. The molecule has 4 nitrogen and oxygen atoms in total. The number of nitrogens with one attached hydrogen (secondary N) is 1. The second kappa shape index (κ2) is 8.01. The monoisotopic (exact) mass is 341 g/mol. The van der Waals surface area contributed by atoms with Crippen LogP contribution in [0, 0.1) is 12.7 Å². The number of hydrogen-bond acceptors (Lipinski definition) is 3. The van der Waals surface area contributed by atoms with Gasteiger partial charge in [-0.3, -0.25) is 4.79 Å². The molecule has 2 aromatic rings. The third kappa shape index (κ3) is 4.50. The first kappa shape index (κ1) is 17.3. The van der Waals surface area contributed by atoms with Crippen molar-refractivity contribution < 1.29 is 9.18 Å². The number of aryl methyl sites for hydroxylation is 1. The van der Waals surface area contributed by atoms with Crippen LogP contribution in [0.5, 0.6) is 0 Å². The van der Waals surface area contributed by atoms with Crippen LogP contribution in [-0.4, -0.2) is 43.5 Å². The summed E-state index contributed by atoms with van der Waals surface area (Å²) in [5.74, 6) is -0.0580. The van der Waals surface area contributed by atoms with Crippen molar-refractivity contribution in [3.8, 4) is 0 Å². The molecule has 1 saturated heterocycles. The van der Waals surface area contributed by atoms with Gasteiger partial charge in [0.05, 0.1) is 5.69 Å². The number of piperazine rings is 1. The van der Waals surface area contributed by atoms with Gasteiger partial charge in [0.1, 0.15) is 5.82 Å². The van der Waals surface area contributed by atoms with Crippen LogP contribution in [0.4, 0.5) is 15.8 Å². The largest absolute Gasteiger partial charge is 0.385 e. The summed E-state index contributed by atoms with van der Waals surface area (Å²) < 4.78 is 13.9. The van der Waals surface area contributed by atoms with Crippen LogP contribution in [-0.2, 0) is 4.79 Å². The lowest BCUT2D eigenvalue weighted by atomic mass is 10.2. The predicted octanol–water partition coefficient (Wildman–Crippen LogP) is 3.28. The van der Waals surface area contributed by atoms with E-state index in [1.165, 1.54) is 11.6 Å². The highest BCUT2D eigenvalue weighted by Gasteiger charge is 2.22. The maximum absolute atomic E-state index is 13.9. The summed E-state index contributed by atoms with van der Waals surface area (Å²) in [4.78, 5) is 16.2. The van der Waals surface area contributed by atoms with E-state index in [2.05, 4.69) is 5.32 Å². The Labute approximate surface area is 148 Å². The lowest BCUT2D eigenvalue weighted by Crippen LogP contribution is -2.49. The molecule has 1 aliphatic rings. The minimum Gasteiger partial charge on any atom is -0.385 e. The third-order valence-electron chi connectivity index (χ3n) is 4.55. The van der Waals surface area contributed by atoms with Crippen molar-refractivity contribution in [2.45, 2.75) is 13.3 Å². The number of para-hydroxylation sites is 1. The fourth-order valence-electron chi connectivity index (χ4n) is 3.05. The molecule has 0 unspecified atom stereocenters. The number of carbonyl (C=O) groups is 1. The van der Waals surface area contributed by atoms with Crippen LogP contribution in [0.15, 0.2) is 48.5 Å².